The van der Waals surface area contributed by atoms with Crippen LogP contribution in [-0.2, 0) is 4.74 Å². The number of phenolic OH excluding ortho intramolecular Hbond substituents is 1. The van der Waals surface area contributed by atoms with Crippen molar-refractivity contribution in [2.24, 2.45) is 5.73 Å². The fourth-order valence-corrected chi connectivity index (χ4v) is 1.43. The lowest BCUT2D eigenvalue weighted by Crippen LogP contribution is -2.27. The fraction of sp³-hybridized carbons (Fsp3) is 0.462. The molecule has 0 heterocycles. The zero-order valence-corrected chi connectivity index (χ0v) is 11.2. The van der Waals surface area contributed by atoms with Crippen LogP contribution in [0.4, 0.5) is 10.5 Å². The fourth-order valence-electron chi connectivity index (χ4n) is 1.43. The van der Waals surface area contributed by atoms with Gasteiger partial charge in [-0.05, 0) is 33.8 Å². The standard InChI is InChI=1S/C13H20N2O3/c1-8(14)10-6-5-9(7-11(10)16)15-12(17)18-13(2,3)4/h5-8,16H,14H2,1-4H3,(H,15,17)/t8-/m0/s1. The van der Waals surface area contributed by atoms with Gasteiger partial charge in [0.25, 0.3) is 0 Å². The first kappa shape index (κ1) is 14.3. The van der Waals surface area contributed by atoms with Crippen LogP contribution in [0.25, 0.3) is 0 Å². The number of carbonyl (C=O) groups excluding carboxylic acids is 1. The molecule has 0 aliphatic rings. The number of benzene rings is 1. The first-order chi connectivity index (χ1) is 8.19. The van der Waals surface area contributed by atoms with E-state index in [1.807, 2.05) is 0 Å². The highest BCUT2D eigenvalue weighted by atomic mass is 16.6. The Labute approximate surface area is 107 Å². The highest BCUT2D eigenvalue weighted by Crippen LogP contribution is 2.26. The average molecular weight is 252 g/mol. The van der Waals surface area contributed by atoms with Crippen molar-refractivity contribution in [1.29, 1.82) is 0 Å². The molecule has 1 atom stereocenters. The van der Waals surface area contributed by atoms with Crippen LogP contribution in [-0.4, -0.2) is 16.8 Å². The van der Waals surface area contributed by atoms with Gasteiger partial charge in [0, 0.05) is 23.4 Å². The predicted octanol–water partition coefficient (Wildman–Crippen LogP) is 2.76. The molecule has 5 heteroatoms. The molecular weight excluding hydrogens is 232 g/mol. The van der Waals surface area contributed by atoms with E-state index in [2.05, 4.69) is 5.32 Å². The monoisotopic (exact) mass is 252 g/mol. The molecule has 0 saturated carbocycles. The van der Waals surface area contributed by atoms with Crippen molar-refractivity contribution >= 4 is 11.8 Å². The summed E-state index contributed by atoms with van der Waals surface area (Å²) in [5.74, 6) is 0.0542. The summed E-state index contributed by atoms with van der Waals surface area (Å²) in [7, 11) is 0. The van der Waals surface area contributed by atoms with Crippen molar-refractivity contribution in [2.45, 2.75) is 39.3 Å². The van der Waals surface area contributed by atoms with Gasteiger partial charge < -0.3 is 15.6 Å². The quantitative estimate of drug-likeness (QED) is 0.755. The number of nitrogens with two attached hydrogens (primary N) is 1. The van der Waals surface area contributed by atoms with Gasteiger partial charge >= 0.3 is 6.09 Å². The zero-order valence-electron chi connectivity index (χ0n) is 11.2. The van der Waals surface area contributed by atoms with E-state index in [9.17, 15) is 9.90 Å². The van der Waals surface area contributed by atoms with Gasteiger partial charge in [-0.1, -0.05) is 6.07 Å². The Kier molecular flexibility index (Phi) is 4.19. The van der Waals surface area contributed by atoms with Gasteiger partial charge in [-0.25, -0.2) is 4.79 Å². The van der Waals surface area contributed by atoms with E-state index in [1.165, 1.54) is 6.07 Å². The SMILES string of the molecule is C[C@H](N)c1ccc(NC(=O)OC(C)(C)C)cc1O. The van der Waals surface area contributed by atoms with Gasteiger partial charge in [-0.15, -0.1) is 0 Å². The van der Waals surface area contributed by atoms with Gasteiger partial charge in [-0.2, -0.15) is 0 Å². The topological polar surface area (TPSA) is 84.6 Å². The number of anilines is 1. The lowest BCUT2D eigenvalue weighted by Gasteiger charge is -2.20. The zero-order chi connectivity index (χ0) is 13.9. The molecular formula is C13H20N2O3. The second-order valence-corrected chi connectivity index (χ2v) is 5.19. The average Bonchev–Trinajstić information content (AvgIpc) is 2.13. The molecule has 0 bridgehead atoms. The Morgan fingerprint density at radius 2 is 2.06 bits per heavy atom. The maximum absolute atomic E-state index is 11.5. The number of aromatic hydroxyl groups is 1. The number of nitrogens with one attached hydrogen (secondary N) is 1. The van der Waals surface area contributed by atoms with E-state index in [1.54, 1.807) is 39.8 Å². The number of carbonyl (C=O) groups is 1. The Bertz CT molecular complexity index is 436. The summed E-state index contributed by atoms with van der Waals surface area (Å²) < 4.78 is 5.10. The highest BCUT2D eigenvalue weighted by Gasteiger charge is 2.16. The van der Waals surface area contributed by atoms with Crippen LogP contribution >= 0.6 is 0 Å². The van der Waals surface area contributed by atoms with Gasteiger partial charge in [0.05, 0.1) is 0 Å². The largest absolute Gasteiger partial charge is 0.508 e. The van der Waals surface area contributed by atoms with Crippen LogP contribution in [0.1, 0.15) is 39.3 Å². The number of phenols is 1. The van der Waals surface area contributed by atoms with Crippen molar-refractivity contribution in [1.82, 2.24) is 0 Å². The molecule has 0 fully saturated rings. The van der Waals surface area contributed by atoms with Gasteiger partial charge in [0.2, 0.25) is 0 Å². The second kappa shape index (κ2) is 5.27. The van der Waals surface area contributed by atoms with Crippen LogP contribution in [0.15, 0.2) is 18.2 Å². The molecule has 5 nitrogen and oxygen atoms in total. The van der Waals surface area contributed by atoms with Crippen molar-refractivity contribution in [3.63, 3.8) is 0 Å². The Hall–Kier alpha value is -1.75. The Morgan fingerprint density at radius 1 is 1.44 bits per heavy atom. The van der Waals surface area contributed by atoms with Crippen LogP contribution in [0.3, 0.4) is 0 Å². The third kappa shape index (κ3) is 4.25. The Morgan fingerprint density at radius 3 is 2.50 bits per heavy atom. The molecule has 100 valence electrons. The maximum Gasteiger partial charge on any atom is 0.412 e. The van der Waals surface area contributed by atoms with E-state index in [4.69, 9.17) is 10.5 Å². The smallest absolute Gasteiger partial charge is 0.412 e. The molecule has 4 N–H and O–H groups in total. The third-order valence-corrected chi connectivity index (χ3v) is 2.17. The predicted molar refractivity (Wildman–Crippen MR) is 70.6 cm³/mol. The summed E-state index contributed by atoms with van der Waals surface area (Å²) in [5.41, 5.74) is 6.21. The van der Waals surface area contributed by atoms with Crippen molar-refractivity contribution < 1.29 is 14.6 Å². The molecule has 1 aromatic carbocycles. The van der Waals surface area contributed by atoms with Crippen LogP contribution in [0.2, 0.25) is 0 Å². The first-order valence-corrected chi connectivity index (χ1v) is 5.77. The van der Waals surface area contributed by atoms with E-state index < -0.39 is 11.7 Å². The number of hydrogen-bond acceptors (Lipinski definition) is 4. The minimum Gasteiger partial charge on any atom is -0.508 e. The lowest BCUT2D eigenvalue weighted by molar-refractivity contribution is 0.0636. The minimum atomic E-state index is -0.560. The summed E-state index contributed by atoms with van der Waals surface area (Å²) >= 11 is 0. The molecule has 0 unspecified atom stereocenters. The number of rotatable bonds is 2. The van der Waals surface area contributed by atoms with Gasteiger partial charge in [-0.3, -0.25) is 5.32 Å². The molecule has 0 aliphatic heterocycles. The van der Waals surface area contributed by atoms with Crippen LogP contribution < -0.4 is 11.1 Å². The van der Waals surface area contributed by atoms with Crippen LogP contribution in [0.5, 0.6) is 5.75 Å². The first-order valence-electron chi connectivity index (χ1n) is 5.77. The van der Waals surface area contributed by atoms with E-state index >= 15 is 0 Å². The van der Waals surface area contributed by atoms with E-state index in [-0.39, 0.29) is 11.8 Å². The van der Waals surface area contributed by atoms with Crippen LogP contribution in [0, 0.1) is 0 Å². The van der Waals surface area contributed by atoms with Crippen molar-refractivity contribution in [3.05, 3.63) is 23.8 Å². The molecule has 0 aliphatic carbocycles. The summed E-state index contributed by atoms with van der Waals surface area (Å²) in [4.78, 5) is 11.5. The maximum atomic E-state index is 11.5. The third-order valence-electron chi connectivity index (χ3n) is 2.17. The molecule has 0 saturated heterocycles. The lowest BCUT2D eigenvalue weighted by atomic mass is 10.1. The normalized spacial score (nSPS) is 12.9. The summed E-state index contributed by atoms with van der Waals surface area (Å²) in [5, 5.41) is 12.3. The van der Waals surface area contributed by atoms with Crippen molar-refractivity contribution in [3.8, 4) is 5.75 Å². The summed E-state index contributed by atoms with van der Waals surface area (Å²) in [6.45, 7) is 7.12. The number of amides is 1. The molecule has 0 aromatic heterocycles. The highest BCUT2D eigenvalue weighted by molar-refractivity contribution is 5.85. The minimum absolute atomic E-state index is 0.0542. The molecule has 1 amide bonds. The van der Waals surface area contributed by atoms with Crippen molar-refractivity contribution in [2.75, 3.05) is 5.32 Å². The van der Waals surface area contributed by atoms with Gasteiger partial charge in [0.15, 0.2) is 0 Å². The number of ether oxygens (including phenoxy) is 1. The van der Waals surface area contributed by atoms with E-state index in [0.717, 1.165) is 0 Å². The molecule has 0 spiro atoms. The molecule has 1 rings (SSSR count). The molecule has 0 radical (unpaired) electrons. The Balaban J connectivity index is 2.75. The van der Waals surface area contributed by atoms with E-state index in [0.29, 0.717) is 11.3 Å². The molecule has 18 heavy (non-hydrogen) atoms. The summed E-state index contributed by atoms with van der Waals surface area (Å²) in [6.07, 6.45) is -0.560. The molecule has 1 aromatic rings. The number of hydrogen-bond donors (Lipinski definition) is 3. The second-order valence-electron chi connectivity index (χ2n) is 5.19. The summed E-state index contributed by atoms with van der Waals surface area (Å²) in [6, 6.07) is 4.53. The van der Waals surface area contributed by atoms with Gasteiger partial charge in [0.1, 0.15) is 11.4 Å².